The summed E-state index contributed by atoms with van der Waals surface area (Å²) in [5, 5.41) is 10.2. The van der Waals surface area contributed by atoms with E-state index in [0.29, 0.717) is 6.42 Å². The maximum Gasteiger partial charge on any atom is 0.241 e. The van der Waals surface area contributed by atoms with Gasteiger partial charge >= 0.3 is 0 Å². The van der Waals surface area contributed by atoms with Crippen molar-refractivity contribution in [3.63, 3.8) is 0 Å². The lowest BCUT2D eigenvalue weighted by atomic mass is 10.0. The number of hydrogen-bond acceptors (Lipinski definition) is 3. The highest BCUT2D eigenvalue weighted by atomic mass is 32.2. The molecule has 0 bridgehead atoms. The van der Waals surface area contributed by atoms with Gasteiger partial charge in [-0.25, -0.2) is 13.1 Å². The van der Waals surface area contributed by atoms with E-state index in [0.717, 1.165) is 11.1 Å². The molecule has 2 atom stereocenters. The fourth-order valence-corrected chi connectivity index (χ4v) is 3.48. The van der Waals surface area contributed by atoms with Crippen molar-refractivity contribution in [3.05, 3.63) is 65.7 Å². The third-order valence-corrected chi connectivity index (χ3v) is 5.03. The summed E-state index contributed by atoms with van der Waals surface area (Å²) in [7, 11) is -3.69. The predicted molar refractivity (Wildman–Crippen MR) is 87.0 cm³/mol. The summed E-state index contributed by atoms with van der Waals surface area (Å²) in [5.41, 5.74) is 1.74. The van der Waals surface area contributed by atoms with Gasteiger partial charge in [0.1, 0.15) is 0 Å². The lowest BCUT2D eigenvalue weighted by Gasteiger charge is -2.23. The minimum atomic E-state index is -3.69. The highest BCUT2D eigenvalue weighted by Gasteiger charge is 2.26. The molecule has 0 fully saturated rings. The van der Waals surface area contributed by atoms with Crippen molar-refractivity contribution in [2.45, 2.75) is 37.3 Å². The molecule has 5 heteroatoms. The van der Waals surface area contributed by atoms with Crippen molar-refractivity contribution in [2.75, 3.05) is 0 Å². The standard InChI is InChI=1S/C17H21NO3S/c1-3-16(19)17(14-7-5-4-6-8-14)18-22(20,21)15-11-9-13(2)10-12-15/h4-12,16-19H,3H2,1-2H3/t16-,17+/m1/s1. The number of nitrogens with one attached hydrogen (secondary N) is 1. The molecular formula is C17H21NO3S. The van der Waals surface area contributed by atoms with Crippen molar-refractivity contribution in [3.8, 4) is 0 Å². The molecule has 0 aliphatic heterocycles. The van der Waals surface area contributed by atoms with E-state index in [1.54, 1.807) is 36.4 Å². The van der Waals surface area contributed by atoms with Gasteiger partial charge < -0.3 is 5.11 Å². The van der Waals surface area contributed by atoms with Gasteiger partial charge in [-0.1, -0.05) is 55.0 Å². The van der Waals surface area contributed by atoms with Crippen LogP contribution in [0.5, 0.6) is 0 Å². The first-order valence-corrected chi connectivity index (χ1v) is 8.74. The van der Waals surface area contributed by atoms with Crippen LogP contribution in [0.3, 0.4) is 0 Å². The SMILES string of the molecule is CC[C@@H](O)[C@@H](NS(=O)(=O)c1ccc(C)cc1)c1ccccc1. The van der Waals surface area contributed by atoms with E-state index in [2.05, 4.69) is 4.72 Å². The number of hydrogen-bond donors (Lipinski definition) is 2. The molecule has 118 valence electrons. The number of aliphatic hydroxyl groups excluding tert-OH is 1. The van der Waals surface area contributed by atoms with E-state index in [9.17, 15) is 13.5 Å². The van der Waals surface area contributed by atoms with Gasteiger partial charge in [-0.15, -0.1) is 0 Å². The van der Waals surface area contributed by atoms with Crippen LogP contribution in [-0.4, -0.2) is 19.6 Å². The topological polar surface area (TPSA) is 66.4 Å². The van der Waals surface area contributed by atoms with Crippen molar-refractivity contribution < 1.29 is 13.5 Å². The van der Waals surface area contributed by atoms with Gasteiger partial charge in [-0.05, 0) is 31.0 Å². The third-order valence-electron chi connectivity index (χ3n) is 3.58. The molecule has 0 spiro atoms. The molecule has 2 N–H and O–H groups in total. The summed E-state index contributed by atoms with van der Waals surface area (Å²) in [4.78, 5) is 0.197. The van der Waals surface area contributed by atoms with Crippen molar-refractivity contribution >= 4 is 10.0 Å². The molecule has 22 heavy (non-hydrogen) atoms. The van der Waals surface area contributed by atoms with Gasteiger partial charge in [-0.3, -0.25) is 0 Å². The Labute approximate surface area is 131 Å². The molecule has 0 unspecified atom stereocenters. The quantitative estimate of drug-likeness (QED) is 0.860. The molecule has 0 saturated carbocycles. The molecule has 0 radical (unpaired) electrons. The Morgan fingerprint density at radius 2 is 1.64 bits per heavy atom. The van der Waals surface area contributed by atoms with Crippen LogP contribution in [0, 0.1) is 6.92 Å². The minimum Gasteiger partial charge on any atom is -0.391 e. The van der Waals surface area contributed by atoms with Crippen molar-refractivity contribution in [2.24, 2.45) is 0 Å². The summed E-state index contributed by atoms with van der Waals surface area (Å²) < 4.78 is 27.7. The second kappa shape index (κ2) is 7.05. The molecule has 2 rings (SSSR count). The van der Waals surface area contributed by atoms with Crippen LogP contribution >= 0.6 is 0 Å². The average Bonchev–Trinajstić information content (AvgIpc) is 2.53. The van der Waals surface area contributed by atoms with Gasteiger partial charge in [0, 0.05) is 0 Å². The normalized spacial score (nSPS) is 14.5. The Morgan fingerprint density at radius 1 is 1.05 bits per heavy atom. The molecule has 4 nitrogen and oxygen atoms in total. The minimum absolute atomic E-state index is 0.197. The highest BCUT2D eigenvalue weighted by Crippen LogP contribution is 2.22. The lowest BCUT2D eigenvalue weighted by molar-refractivity contribution is 0.133. The first-order chi connectivity index (χ1) is 10.4. The Bertz CT molecular complexity index is 696. The van der Waals surface area contributed by atoms with E-state index in [4.69, 9.17) is 0 Å². The van der Waals surface area contributed by atoms with Crippen molar-refractivity contribution in [1.29, 1.82) is 0 Å². The molecule has 0 heterocycles. The largest absolute Gasteiger partial charge is 0.391 e. The number of rotatable bonds is 6. The Morgan fingerprint density at radius 3 is 2.18 bits per heavy atom. The zero-order valence-corrected chi connectivity index (χ0v) is 13.5. The van der Waals surface area contributed by atoms with Gasteiger partial charge in [0.25, 0.3) is 0 Å². The second-order valence-electron chi connectivity index (χ2n) is 5.30. The Balaban J connectivity index is 2.32. The molecule has 0 aliphatic carbocycles. The summed E-state index contributed by atoms with van der Waals surface area (Å²) in [6.45, 7) is 3.72. The van der Waals surface area contributed by atoms with E-state index in [-0.39, 0.29) is 4.90 Å². The molecule has 2 aromatic carbocycles. The van der Waals surface area contributed by atoms with E-state index in [1.807, 2.05) is 32.0 Å². The van der Waals surface area contributed by atoms with Crippen LogP contribution in [0.25, 0.3) is 0 Å². The lowest BCUT2D eigenvalue weighted by Crippen LogP contribution is -2.36. The number of aliphatic hydroxyl groups is 1. The monoisotopic (exact) mass is 319 g/mol. The zero-order valence-electron chi connectivity index (χ0n) is 12.7. The number of aryl methyl sites for hydroxylation is 1. The summed E-state index contributed by atoms with van der Waals surface area (Å²) in [5.74, 6) is 0. The second-order valence-corrected chi connectivity index (χ2v) is 7.01. The van der Waals surface area contributed by atoms with Crippen LogP contribution < -0.4 is 4.72 Å². The van der Waals surface area contributed by atoms with Crippen molar-refractivity contribution in [1.82, 2.24) is 4.72 Å². The summed E-state index contributed by atoms with van der Waals surface area (Å²) >= 11 is 0. The van der Waals surface area contributed by atoms with Crippen LogP contribution in [0.15, 0.2) is 59.5 Å². The molecule has 2 aromatic rings. The molecular weight excluding hydrogens is 298 g/mol. The maximum atomic E-state index is 12.5. The first-order valence-electron chi connectivity index (χ1n) is 7.26. The maximum absolute atomic E-state index is 12.5. The molecule has 0 saturated heterocycles. The van der Waals surface area contributed by atoms with E-state index < -0.39 is 22.2 Å². The fraction of sp³-hybridized carbons (Fsp3) is 0.294. The number of benzene rings is 2. The van der Waals surface area contributed by atoms with Crippen LogP contribution in [0.2, 0.25) is 0 Å². The van der Waals surface area contributed by atoms with E-state index >= 15 is 0 Å². The molecule has 0 aromatic heterocycles. The fourth-order valence-electron chi connectivity index (χ4n) is 2.22. The van der Waals surface area contributed by atoms with Crippen LogP contribution in [0.1, 0.15) is 30.5 Å². The molecule has 0 amide bonds. The summed E-state index contributed by atoms with van der Waals surface area (Å²) in [6.07, 6.45) is -0.335. The highest BCUT2D eigenvalue weighted by molar-refractivity contribution is 7.89. The van der Waals surface area contributed by atoms with Gasteiger partial charge in [0.2, 0.25) is 10.0 Å². The number of sulfonamides is 1. The molecule has 0 aliphatic rings. The Kier molecular flexibility index (Phi) is 5.34. The Hall–Kier alpha value is -1.69. The van der Waals surface area contributed by atoms with E-state index in [1.165, 1.54) is 0 Å². The van der Waals surface area contributed by atoms with Crippen LogP contribution in [-0.2, 0) is 10.0 Å². The van der Waals surface area contributed by atoms with Gasteiger partial charge in [-0.2, -0.15) is 0 Å². The van der Waals surface area contributed by atoms with Gasteiger partial charge in [0.15, 0.2) is 0 Å². The smallest absolute Gasteiger partial charge is 0.241 e. The van der Waals surface area contributed by atoms with Crippen LogP contribution in [0.4, 0.5) is 0 Å². The summed E-state index contributed by atoms with van der Waals surface area (Å²) in [6, 6.07) is 15.1. The first kappa shape index (κ1) is 16.7. The zero-order chi connectivity index (χ0) is 16.2. The van der Waals surface area contributed by atoms with Gasteiger partial charge in [0.05, 0.1) is 17.0 Å². The average molecular weight is 319 g/mol. The predicted octanol–water partition coefficient (Wildman–Crippen LogP) is 2.79. The third kappa shape index (κ3) is 3.94.